The van der Waals surface area contributed by atoms with Gasteiger partial charge in [-0.05, 0) is 109 Å². The van der Waals surface area contributed by atoms with Crippen LogP contribution in [0.2, 0.25) is 0 Å². The van der Waals surface area contributed by atoms with Crippen molar-refractivity contribution in [3.63, 3.8) is 0 Å². The molecule has 0 aromatic heterocycles. The first-order chi connectivity index (χ1) is 26.8. The topological polar surface area (TPSA) is 3.24 Å². The highest BCUT2D eigenvalue weighted by Gasteiger charge is 2.47. The zero-order valence-corrected chi connectivity index (χ0v) is 29.9. The first-order valence-corrected chi connectivity index (χ1v) is 19.0. The number of fused-ring (bicyclic) bond motifs is 5. The fourth-order valence-electron chi connectivity index (χ4n) is 9.92. The smallest absolute Gasteiger partial charge is 0.0719 e. The van der Waals surface area contributed by atoms with Gasteiger partial charge < -0.3 is 4.90 Å². The predicted molar refractivity (Wildman–Crippen MR) is 224 cm³/mol. The van der Waals surface area contributed by atoms with Crippen LogP contribution in [-0.2, 0) is 11.8 Å². The fourth-order valence-corrected chi connectivity index (χ4v) is 9.92. The molecule has 0 radical (unpaired) electrons. The summed E-state index contributed by atoms with van der Waals surface area (Å²) in [5.41, 5.74) is 20.2. The average molecular weight is 688 g/mol. The van der Waals surface area contributed by atoms with Crippen LogP contribution in [0.4, 0.5) is 11.4 Å². The van der Waals surface area contributed by atoms with Gasteiger partial charge in [-0.3, -0.25) is 0 Å². The van der Waals surface area contributed by atoms with Crippen molar-refractivity contribution in [3.8, 4) is 22.3 Å². The van der Waals surface area contributed by atoms with Gasteiger partial charge in [0.2, 0.25) is 0 Å². The predicted octanol–water partition coefficient (Wildman–Crippen LogP) is 13.0. The molecule has 1 nitrogen and oxygen atoms in total. The molecule has 0 bridgehead atoms. The molecule has 1 heteroatoms. The Morgan fingerprint density at radius 1 is 0.463 bits per heavy atom. The second-order valence-electron chi connectivity index (χ2n) is 14.7. The molecule has 1 unspecified atom stereocenters. The molecule has 0 saturated carbocycles. The van der Waals surface area contributed by atoms with E-state index in [4.69, 9.17) is 0 Å². The third-order valence-electron chi connectivity index (χ3n) is 12.1. The van der Waals surface area contributed by atoms with Gasteiger partial charge in [0.05, 0.1) is 5.41 Å². The third-order valence-corrected chi connectivity index (χ3v) is 12.1. The van der Waals surface area contributed by atoms with Gasteiger partial charge in [-0.1, -0.05) is 176 Å². The minimum atomic E-state index is -0.585. The maximum atomic E-state index is 2.49. The quantitative estimate of drug-likeness (QED) is 0.174. The lowest BCUT2D eigenvalue weighted by Gasteiger charge is -2.43. The molecule has 0 fully saturated rings. The van der Waals surface area contributed by atoms with E-state index in [0.717, 1.165) is 17.8 Å². The summed E-state index contributed by atoms with van der Waals surface area (Å²) in [4.78, 5) is 2.44. The van der Waals surface area contributed by atoms with Crippen LogP contribution in [0.25, 0.3) is 28.3 Å². The van der Waals surface area contributed by atoms with Gasteiger partial charge in [0.15, 0.2) is 0 Å². The molecule has 4 aliphatic rings. The number of hydrogen-bond donors (Lipinski definition) is 0. The van der Waals surface area contributed by atoms with Crippen molar-refractivity contribution >= 4 is 17.5 Å². The van der Waals surface area contributed by atoms with E-state index in [1.807, 2.05) is 0 Å². The van der Waals surface area contributed by atoms with Crippen molar-refractivity contribution in [3.05, 3.63) is 256 Å². The maximum Gasteiger partial charge on any atom is 0.0719 e. The lowest BCUT2D eigenvalue weighted by atomic mass is 9.60. The van der Waals surface area contributed by atoms with E-state index in [0.29, 0.717) is 0 Å². The minimum absolute atomic E-state index is 0.130. The molecular formula is C53H37N. The average Bonchev–Trinajstić information content (AvgIpc) is 3.36. The first-order valence-electron chi connectivity index (χ1n) is 19.0. The van der Waals surface area contributed by atoms with Crippen LogP contribution >= 0.6 is 0 Å². The number of benzene rings is 7. The SMILES string of the molecule is C1=Cc2c(C3(c4ccccc4)c4ccccc4-c4ccccc4-c4ccccc43)ccc3c2C2C1=CC=C(N(c1ccccc1)c1ccccc1)C2=CC3. The van der Waals surface area contributed by atoms with Gasteiger partial charge in [0.25, 0.3) is 0 Å². The van der Waals surface area contributed by atoms with E-state index < -0.39 is 5.41 Å². The minimum Gasteiger partial charge on any atom is -0.310 e. The fraction of sp³-hybridized carbons (Fsp3) is 0.0566. The molecule has 54 heavy (non-hydrogen) atoms. The normalized spacial score (nSPS) is 16.7. The number of hydrogen-bond acceptors (Lipinski definition) is 1. The summed E-state index contributed by atoms with van der Waals surface area (Å²) in [5, 5.41) is 0. The van der Waals surface area contributed by atoms with Crippen molar-refractivity contribution in [2.75, 3.05) is 4.90 Å². The van der Waals surface area contributed by atoms with Crippen LogP contribution < -0.4 is 4.90 Å². The van der Waals surface area contributed by atoms with E-state index >= 15 is 0 Å². The van der Waals surface area contributed by atoms with Gasteiger partial charge in [-0.2, -0.15) is 0 Å². The van der Waals surface area contributed by atoms with Gasteiger partial charge in [0.1, 0.15) is 0 Å². The Kier molecular flexibility index (Phi) is 6.97. The van der Waals surface area contributed by atoms with E-state index in [2.05, 4.69) is 211 Å². The first kappa shape index (κ1) is 30.9. The lowest BCUT2D eigenvalue weighted by Crippen LogP contribution is -2.34. The molecule has 0 aliphatic heterocycles. The second-order valence-corrected chi connectivity index (χ2v) is 14.7. The molecule has 7 aromatic rings. The van der Waals surface area contributed by atoms with Gasteiger partial charge in [0, 0.05) is 23.0 Å². The monoisotopic (exact) mass is 687 g/mol. The van der Waals surface area contributed by atoms with E-state index in [1.165, 1.54) is 78.0 Å². The molecule has 1 atom stereocenters. The highest BCUT2D eigenvalue weighted by atomic mass is 15.2. The molecule has 0 amide bonds. The van der Waals surface area contributed by atoms with E-state index in [-0.39, 0.29) is 5.92 Å². The van der Waals surface area contributed by atoms with Crippen LogP contribution in [0.1, 0.15) is 44.9 Å². The zero-order valence-electron chi connectivity index (χ0n) is 29.9. The van der Waals surface area contributed by atoms with Crippen molar-refractivity contribution in [2.24, 2.45) is 0 Å². The van der Waals surface area contributed by atoms with Crippen molar-refractivity contribution in [1.82, 2.24) is 0 Å². The summed E-state index contributed by atoms with van der Waals surface area (Å²) in [5.74, 6) is 0.130. The van der Waals surface area contributed by atoms with Crippen LogP contribution in [0.3, 0.4) is 0 Å². The number of allylic oxidation sites excluding steroid dienone is 6. The summed E-state index contributed by atoms with van der Waals surface area (Å²) in [7, 11) is 0. The van der Waals surface area contributed by atoms with E-state index in [9.17, 15) is 0 Å². The van der Waals surface area contributed by atoms with Gasteiger partial charge >= 0.3 is 0 Å². The van der Waals surface area contributed by atoms with Crippen molar-refractivity contribution in [1.29, 1.82) is 0 Å². The second kappa shape index (κ2) is 12.2. The van der Waals surface area contributed by atoms with Crippen molar-refractivity contribution in [2.45, 2.75) is 17.8 Å². The Morgan fingerprint density at radius 2 is 1.00 bits per heavy atom. The zero-order chi connectivity index (χ0) is 35.6. The standard InChI is InChI=1S/C53H37N/c1-4-16-38(17-5-1)53(47-26-14-12-24-43(47)41-22-10-11-23-42(41)44-25-13-15-27-48(44)53)49-34-30-36-29-33-46-50(35-31-37-28-32-45(49)51(36)52(37)46)54(39-18-6-2-7-19-39)40-20-8-3-9-21-40/h1-28,30-35,52H,29H2. The van der Waals surface area contributed by atoms with Gasteiger partial charge in [-0.25, -0.2) is 0 Å². The molecule has 7 aromatic carbocycles. The molecule has 0 N–H and O–H groups in total. The van der Waals surface area contributed by atoms with Crippen LogP contribution in [0, 0.1) is 0 Å². The highest BCUT2D eigenvalue weighted by molar-refractivity contribution is 5.93. The third kappa shape index (κ3) is 4.39. The van der Waals surface area contributed by atoms with Crippen molar-refractivity contribution < 1.29 is 0 Å². The lowest BCUT2D eigenvalue weighted by molar-refractivity contribution is 0.740. The van der Waals surface area contributed by atoms with E-state index in [1.54, 1.807) is 0 Å². The number of para-hydroxylation sites is 2. The highest BCUT2D eigenvalue weighted by Crippen LogP contribution is 2.58. The number of nitrogens with zero attached hydrogens (tertiary/aromatic N) is 1. The number of anilines is 2. The van der Waals surface area contributed by atoms with Crippen LogP contribution in [-0.4, -0.2) is 0 Å². The largest absolute Gasteiger partial charge is 0.310 e. The molecule has 0 saturated heterocycles. The molecule has 0 heterocycles. The summed E-state index contributed by atoms with van der Waals surface area (Å²) < 4.78 is 0. The summed E-state index contributed by atoms with van der Waals surface area (Å²) in [6.07, 6.45) is 12.9. The van der Waals surface area contributed by atoms with Crippen LogP contribution in [0.15, 0.2) is 217 Å². The maximum absolute atomic E-state index is 2.49. The summed E-state index contributed by atoms with van der Waals surface area (Å²) in [6, 6.07) is 65.1. The van der Waals surface area contributed by atoms with Gasteiger partial charge in [-0.15, -0.1) is 0 Å². The summed E-state index contributed by atoms with van der Waals surface area (Å²) >= 11 is 0. The number of rotatable bonds is 5. The van der Waals surface area contributed by atoms with Crippen LogP contribution in [0.5, 0.6) is 0 Å². The molecule has 254 valence electrons. The Hall–Kier alpha value is -6.70. The Bertz CT molecular complexity index is 2620. The Morgan fingerprint density at radius 3 is 1.61 bits per heavy atom. The molecule has 4 aliphatic carbocycles. The molecular weight excluding hydrogens is 651 g/mol. The molecule has 11 rings (SSSR count). The molecule has 0 spiro atoms. The summed E-state index contributed by atoms with van der Waals surface area (Å²) in [6.45, 7) is 0. The Labute approximate surface area is 317 Å². The Balaban J connectivity index is 1.19.